The van der Waals surface area contributed by atoms with E-state index in [0.717, 1.165) is 55.8 Å². The molecule has 5 aliphatic carbocycles. The minimum Gasteiger partial charge on any atom is -0.393 e. The highest BCUT2D eigenvalue weighted by Gasteiger charge is 2.68. The van der Waals surface area contributed by atoms with Crippen molar-refractivity contribution in [3.63, 3.8) is 0 Å². The molecule has 7 atom stereocenters. The van der Waals surface area contributed by atoms with Gasteiger partial charge in [0.2, 0.25) is 0 Å². The Morgan fingerprint density at radius 3 is 2.91 bits per heavy atom. The summed E-state index contributed by atoms with van der Waals surface area (Å²) in [6, 6.07) is 6.39. The summed E-state index contributed by atoms with van der Waals surface area (Å²) in [6.07, 6.45) is 12.7. The summed E-state index contributed by atoms with van der Waals surface area (Å²) in [5.74, 6) is 1.90. The number of hydrogen-bond donors (Lipinski definition) is 4. The van der Waals surface area contributed by atoms with E-state index in [1.807, 2.05) is 0 Å². The van der Waals surface area contributed by atoms with Crippen molar-refractivity contribution in [1.29, 1.82) is 0 Å². The van der Waals surface area contributed by atoms with Crippen LogP contribution in [0.1, 0.15) is 63.9 Å². The van der Waals surface area contributed by atoms with Crippen LogP contribution in [0.4, 0.5) is 5.82 Å². The summed E-state index contributed by atoms with van der Waals surface area (Å²) in [5, 5.41) is 30.9. The average Bonchev–Trinajstić information content (AvgIpc) is 3.16. The van der Waals surface area contributed by atoms with Gasteiger partial charge < -0.3 is 15.9 Å². The molecule has 5 nitrogen and oxygen atoms in total. The Hall–Kier alpha value is -2.11. The first-order chi connectivity index (χ1) is 15.3. The smallest absolute Gasteiger partial charge is 0.153 e. The van der Waals surface area contributed by atoms with Crippen molar-refractivity contribution in [1.82, 2.24) is 10.2 Å². The van der Waals surface area contributed by atoms with Gasteiger partial charge in [-0.3, -0.25) is 5.10 Å². The van der Waals surface area contributed by atoms with Crippen molar-refractivity contribution < 1.29 is 10.2 Å². The Morgan fingerprint density at radius 1 is 1.16 bits per heavy atom. The van der Waals surface area contributed by atoms with E-state index in [-0.39, 0.29) is 22.9 Å². The van der Waals surface area contributed by atoms with Crippen LogP contribution in [-0.4, -0.2) is 32.1 Å². The Kier molecular flexibility index (Phi) is 3.67. The number of anilines is 1. The summed E-state index contributed by atoms with van der Waals surface area (Å²) in [5.41, 5.74) is 10.3. The van der Waals surface area contributed by atoms with Crippen LogP contribution in [-0.2, 0) is 0 Å². The summed E-state index contributed by atoms with van der Waals surface area (Å²) in [7, 11) is 0. The number of fused-ring (bicyclic) bond motifs is 5. The second-order valence-corrected chi connectivity index (χ2v) is 11.6. The first-order valence-electron chi connectivity index (χ1n) is 12.4. The third-order valence-electron chi connectivity index (χ3n) is 10.3. The van der Waals surface area contributed by atoms with E-state index in [4.69, 9.17) is 5.73 Å². The molecule has 0 aliphatic heterocycles. The van der Waals surface area contributed by atoms with Gasteiger partial charge in [0.05, 0.1) is 17.2 Å². The number of nitrogens with two attached hydrogens (primary N) is 1. The quantitative estimate of drug-likeness (QED) is 0.497. The van der Waals surface area contributed by atoms with Gasteiger partial charge in [-0.25, -0.2) is 0 Å². The van der Waals surface area contributed by atoms with Crippen LogP contribution < -0.4 is 5.73 Å². The van der Waals surface area contributed by atoms with Crippen molar-refractivity contribution >= 4 is 22.3 Å². The summed E-state index contributed by atoms with van der Waals surface area (Å²) in [4.78, 5) is 0. The molecule has 2 aromatic rings. The minimum absolute atomic E-state index is 0.0748. The normalized spacial score (nSPS) is 44.6. The molecular formula is C27H33N3O2. The van der Waals surface area contributed by atoms with Crippen molar-refractivity contribution in [2.75, 3.05) is 5.73 Å². The minimum atomic E-state index is -0.718. The van der Waals surface area contributed by atoms with Crippen LogP contribution in [0.25, 0.3) is 16.5 Å². The Balaban J connectivity index is 1.27. The van der Waals surface area contributed by atoms with Crippen LogP contribution in [0.15, 0.2) is 35.9 Å². The Morgan fingerprint density at radius 2 is 2.03 bits per heavy atom. The van der Waals surface area contributed by atoms with E-state index in [9.17, 15) is 10.2 Å². The zero-order valence-corrected chi connectivity index (χ0v) is 18.8. The molecule has 0 radical (unpaired) electrons. The lowest BCUT2D eigenvalue weighted by Crippen LogP contribution is -2.49. The van der Waals surface area contributed by atoms with Gasteiger partial charge in [-0.1, -0.05) is 25.1 Å². The van der Waals surface area contributed by atoms with E-state index in [0.29, 0.717) is 17.7 Å². The summed E-state index contributed by atoms with van der Waals surface area (Å²) in [6.45, 7) is 2.36. The molecule has 7 rings (SSSR count). The molecule has 5 N–H and O–H groups in total. The first-order valence-corrected chi connectivity index (χ1v) is 12.4. The largest absolute Gasteiger partial charge is 0.393 e. The summed E-state index contributed by atoms with van der Waals surface area (Å²) < 4.78 is 0. The Labute approximate surface area is 188 Å². The number of hydrogen-bond acceptors (Lipinski definition) is 4. The highest BCUT2D eigenvalue weighted by molar-refractivity contribution is 5.91. The fraction of sp³-hybridized carbons (Fsp3) is 0.593. The predicted molar refractivity (Wildman–Crippen MR) is 125 cm³/mol. The molecule has 6 unspecified atom stereocenters. The van der Waals surface area contributed by atoms with Crippen LogP contribution in [0.2, 0.25) is 0 Å². The van der Waals surface area contributed by atoms with Crippen LogP contribution in [0.5, 0.6) is 0 Å². The SMILES string of the molecule is CC12CC=C3C4CC45CC(O)CCC5CC[C@]3(O)C1CC=C2c1ccc2c(N)n[nH]c2c1. The number of nitrogens with one attached hydrogen (secondary N) is 1. The standard InChI is InChI=1S/C27H33N3O2/c1-25-10-9-20-21-14-26(21)13-17(31)4-3-16(26)8-11-27(20,32)23(25)7-6-19(25)15-2-5-18-22(12-15)29-30-24(18)28/h2,5-6,9,12,16-17,21,23,31-32H,3-4,7-8,10-11,13-14H2,1H3,(H3,28,29,30)/t16?,17?,21?,23?,25?,26?,27-/m1/s1. The number of aliphatic hydroxyl groups is 2. The molecule has 32 heavy (non-hydrogen) atoms. The van der Waals surface area contributed by atoms with Gasteiger partial charge in [0.25, 0.3) is 0 Å². The van der Waals surface area contributed by atoms with Crippen molar-refractivity contribution in [2.45, 2.75) is 70.0 Å². The zero-order chi connectivity index (χ0) is 21.9. The molecule has 1 heterocycles. The molecule has 3 saturated carbocycles. The maximum atomic E-state index is 12.4. The molecule has 3 fully saturated rings. The second-order valence-electron chi connectivity index (χ2n) is 11.6. The lowest BCUT2D eigenvalue weighted by molar-refractivity contribution is -0.0389. The molecule has 0 bridgehead atoms. The highest BCUT2D eigenvalue weighted by Crippen LogP contribution is 2.74. The Bertz CT molecular complexity index is 1200. The second kappa shape index (κ2) is 6.06. The maximum Gasteiger partial charge on any atom is 0.153 e. The van der Waals surface area contributed by atoms with E-state index in [1.165, 1.54) is 23.1 Å². The lowest BCUT2D eigenvalue weighted by Gasteiger charge is -2.49. The van der Waals surface area contributed by atoms with Gasteiger partial charge in [0, 0.05) is 16.7 Å². The highest BCUT2D eigenvalue weighted by atomic mass is 16.3. The lowest BCUT2D eigenvalue weighted by atomic mass is 9.58. The fourth-order valence-corrected chi connectivity index (χ4v) is 8.64. The van der Waals surface area contributed by atoms with E-state index in [2.05, 4.69) is 47.5 Å². The third kappa shape index (κ3) is 2.29. The molecular weight excluding hydrogens is 398 g/mol. The number of H-pyrrole nitrogens is 1. The van der Waals surface area contributed by atoms with Gasteiger partial charge in [-0.05, 0) is 97.5 Å². The van der Waals surface area contributed by atoms with Gasteiger partial charge in [0.1, 0.15) is 0 Å². The zero-order valence-electron chi connectivity index (χ0n) is 18.8. The van der Waals surface area contributed by atoms with Crippen molar-refractivity contribution in [3.05, 3.63) is 41.5 Å². The van der Waals surface area contributed by atoms with Gasteiger partial charge in [-0.2, -0.15) is 5.10 Å². The number of allylic oxidation sites excluding steroid dienone is 3. The van der Waals surface area contributed by atoms with Gasteiger partial charge in [-0.15, -0.1) is 0 Å². The van der Waals surface area contributed by atoms with Crippen molar-refractivity contribution in [3.8, 4) is 0 Å². The van der Waals surface area contributed by atoms with Gasteiger partial charge >= 0.3 is 0 Å². The molecule has 5 heteroatoms. The van der Waals surface area contributed by atoms with Gasteiger partial charge in [0.15, 0.2) is 5.82 Å². The maximum absolute atomic E-state index is 12.4. The molecule has 1 aromatic carbocycles. The molecule has 5 aliphatic rings. The van der Waals surface area contributed by atoms with Crippen LogP contribution in [0.3, 0.4) is 0 Å². The molecule has 1 spiro atoms. The number of nitrogen functional groups attached to an aromatic ring is 1. The molecule has 168 valence electrons. The van der Waals surface area contributed by atoms with Crippen LogP contribution >= 0.6 is 0 Å². The summed E-state index contributed by atoms with van der Waals surface area (Å²) >= 11 is 0. The predicted octanol–water partition coefficient (Wildman–Crippen LogP) is 4.58. The van der Waals surface area contributed by atoms with E-state index >= 15 is 0 Å². The van der Waals surface area contributed by atoms with E-state index < -0.39 is 5.60 Å². The number of benzene rings is 1. The first kappa shape index (κ1) is 19.4. The van der Waals surface area contributed by atoms with E-state index in [1.54, 1.807) is 0 Å². The number of rotatable bonds is 1. The van der Waals surface area contributed by atoms with Crippen molar-refractivity contribution in [2.24, 2.45) is 28.6 Å². The number of aromatic amines is 1. The number of aromatic nitrogens is 2. The molecule has 0 amide bonds. The van der Waals surface area contributed by atoms with Crippen LogP contribution in [0, 0.1) is 28.6 Å². The molecule has 1 aromatic heterocycles. The number of nitrogens with zero attached hydrogens (tertiary/aromatic N) is 1. The number of aliphatic hydroxyl groups excluding tert-OH is 1. The third-order valence-corrected chi connectivity index (χ3v) is 10.3. The average molecular weight is 432 g/mol. The fourth-order valence-electron chi connectivity index (χ4n) is 8.64. The monoisotopic (exact) mass is 431 g/mol. The topological polar surface area (TPSA) is 95.2 Å². The molecule has 0 saturated heterocycles.